The highest BCUT2D eigenvalue weighted by Crippen LogP contribution is 2.44. The van der Waals surface area contributed by atoms with Crippen molar-refractivity contribution in [2.75, 3.05) is 0 Å². The van der Waals surface area contributed by atoms with Gasteiger partial charge in [-0.05, 0) is 25.2 Å². The van der Waals surface area contributed by atoms with E-state index in [9.17, 15) is 4.79 Å². The summed E-state index contributed by atoms with van der Waals surface area (Å²) in [6.45, 7) is 6.45. The Hall–Kier alpha value is -0.330. The van der Waals surface area contributed by atoms with Crippen molar-refractivity contribution in [2.45, 2.75) is 59.3 Å². The van der Waals surface area contributed by atoms with Crippen LogP contribution >= 0.6 is 0 Å². The predicted molar refractivity (Wildman–Crippen MR) is 55.7 cm³/mol. The molecule has 1 nitrogen and oxygen atoms in total. The topological polar surface area (TPSA) is 17.1 Å². The van der Waals surface area contributed by atoms with Crippen molar-refractivity contribution in [3.63, 3.8) is 0 Å². The number of hydrogen-bond donors (Lipinski definition) is 0. The molecule has 0 aromatic heterocycles. The second-order valence-electron chi connectivity index (χ2n) is 4.86. The maximum absolute atomic E-state index is 11.9. The van der Waals surface area contributed by atoms with Gasteiger partial charge in [-0.1, -0.05) is 33.6 Å². The zero-order chi connectivity index (χ0) is 9.90. The minimum absolute atomic E-state index is 0.0862. The molecule has 0 radical (unpaired) electrons. The number of rotatable bonds is 4. The lowest BCUT2D eigenvalue weighted by Gasteiger charge is -2.28. The van der Waals surface area contributed by atoms with Gasteiger partial charge in [-0.15, -0.1) is 0 Å². The molecule has 76 valence electrons. The van der Waals surface area contributed by atoms with E-state index in [4.69, 9.17) is 0 Å². The van der Waals surface area contributed by atoms with Crippen molar-refractivity contribution >= 4 is 5.78 Å². The van der Waals surface area contributed by atoms with Crippen LogP contribution in [0.5, 0.6) is 0 Å². The Morgan fingerprint density at radius 1 is 1.31 bits per heavy atom. The summed E-state index contributed by atoms with van der Waals surface area (Å²) >= 11 is 0. The summed E-state index contributed by atoms with van der Waals surface area (Å²) in [5, 5.41) is 0. The van der Waals surface area contributed by atoms with E-state index in [1.54, 1.807) is 0 Å². The van der Waals surface area contributed by atoms with Crippen molar-refractivity contribution in [3.05, 3.63) is 0 Å². The van der Waals surface area contributed by atoms with Gasteiger partial charge in [0.2, 0.25) is 0 Å². The van der Waals surface area contributed by atoms with Gasteiger partial charge < -0.3 is 0 Å². The average molecular weight is 182 g/mol. The SMILES string of the molecule is CCC(=O)C1(CC(C)C)CCCC1. The largest absolute Gasteiger partial charge is 0.299 e. The molecule has 0 amide bonds. The van der Waals surface area contributed by atoms with Gasteiger partial charge in [0.25, 0.3) is 0 Å². The van der Waals surface area contributed by atoms with E-state index < -0.39 is 0 Å². The van der Waals surface area contributed by atoms with Crippen molar-refractivity contribution in [2.24, 2.45) is 11.3 Å². The van der Waals surface area contributed by atoms with Crippen LogP contribution in [0.3, 0.4) is 0 Å². The standard InChI is InChI=1S/C12H22O/c1-4-11(13)12(9-10(2)3)7-5-6-8-12/h10H,4-9H2,1-3H3. The molecule has 0 spiro atoms. The molecule has 0 bridgehead atoms. The van der Waals surface area contributed by atoms with Gasteiger partial charge in [-0.3, -0.25) is 4.79 Å². The first-order valence-corrected chi connectivity index (χ1v) is 5.64. The summed E-state index contributed by atoms with van der Waals surface area (Å²) in [5.41, 5.74) is 0.0862. The van der Waals surface area contributed by atoms with E-state index in [0.29, 0.717) is 11.7 Å². The molecule has 0 aromatic rings. The minimum Gasteiger partial charge on any atom is -0.299 e. The maximum atomic E-state index is 11.9. The fraction of sp³-hybridized carbons (Fsp3) is 0.917. The monoisotopic (exact) mass is 182 g/mol. The smallest absolute Gasteiger partial charge is 0.138 e. The highest BCUT2D eigenvalue weighted by atomic mass is 16.1. The number of hydrogen-bond acceptors (Lipinski definition) is 1. The first kappa shape index (κ1) is 10.7. The molecule has 13 heavy (non-hydrogen) atoms. The predicted octanol–water partition coefficient (Wildman–Crippen LogP) is 3.57. The van der Waals surface area contributed by atoms with Gasteiger partial charge in [0, 0.05) is 11.8 Å². The van der Waals surface area contributed by atoms with E-state index in [1.807, 2.05) is 6.92 Å². The summed E-state index contributed by atoms with van der Waals surface area (Å²) in [6.07, 6.45) is 6.67. The van der Waals surface area contributed by atoms with Crippen LogP contribution in [0.4, 0.5) is 0 Å². The third-order valence-electron chi connectivity index (χ3n) is 3.27. The molecule has 0 saturated heterocycles. The van der Waals surface area contributed by atoms with E-state index in [1.165, 1.54) is 12.8 Å². The zero-order valence-corrected chi connectivity index (χ0v) is 9.23. The van der Waals surface area contributed by atoms with Gasteiger partial charge in [-0.25, -0.2) is 0 Å². The van der Waals surface area contributed by atoms with Gasteiger partial charge >= 0.3 is 0 Å². The number of carbonyl (C=O) groups excluding carboxylic acids is 1. The van der Waals surface area contributed by atoms with E-state index in [2.05, 4.69) is 13.8 Å². The summed E-state index contributed by atoms with van der Waals surface area (Å²) in [4.78, 5) is 11.9. The summed E-state index contributed by atoms with van der Waals surface area (Å²) in [5.74, 6) is 1.17. The molecule has 1 rings (SSSR count). The molecule has 0 unspecified atom stereocenters. The number of ketones is 1. The molecule has 0 aromatic carbocycles. The second-order valence-corrected chi connectivity index (χ2v) is 4.86. The number of Topliss-reactive ketones (excluding diaryl/α,β-unsaturated/α-hetero) is 1. The summed E-state index contributed by atoms with van der Waals surface area (Å²) in [7, 11) is 0. The lowest BCUT2D eigenvalue weighted by Crippen LogP contribution is -2.29. The summed E-state index contributed by atoms with van der Waals surface area (Å²) < 4.78 is 0. The normalized spacial score (nSPS) is 20.9. The zero-order valence-electron chi connectivity index (χ0n) is 9.23. The molecule has 1 aliphatic rings. The Balaban J connectivity index is 2.68. The van der Waals surface area contributed by atoms with Crippen LogP contribution in [0.25, 0.3) is 0 Å². The van der Waals surface area contributed by atoms with Crippen molar-refractivity contribution in [1.82, 2.24) is 0 Å². The van der Waals surface area contributed by atoms with Crippen LogP contribution in [0, 0.1) is 11.3 Å². The van der Waals surface area contributed by atoms with Crippen LogP contribution in [0.1, 0.15) is 59.3 Å². The molecule has 1 aliphatic carbocycles. The van der Waals surface area contributed by atoms with Gasteiger partial charge in [0.15, 0.2) is 0 Å². The third-order valence-corrected chi connectivity index (χ3v) is 3.27. The Bertz CT molecular complexity index is 176. The number of carbonyl (C=O) groups is 1. The van der Waals surface area contributed by atoms with Crippen LogP contribution in [-0.4, -0.2) is 5.78 Å². The maximum Gasteiger partial charge on any atom is 0.138 e. The fourth-order valence-electron chi connectivity index (χ4n) is 2.81. The molecule has 1 saturated carbocycles. The Labute approximate surface area is 81.9 Å². The van der Waals surface area contributed by atoms with E-state index >= 15 is 0 Å². The fourth-order valence-corrected chi connectivity index (χ4v) is 2.81. The highest BCUT2D eigenvalue weighted by molar-refractivity contribution is 5.84. The van der Waals surface area contributed by atoms with Crippen LogP contribution < -0.4 is 0 Å². The van der Waals surface area contributed by atoms with Gasteiger partial charge in [0.1, 0.15) is 5.78 Å². The molecule has 0 atom stereocenters. The quantitative estimate of drug-likeness (QED) is 0.649. The molecule has 1 heteroatoms. The molecular weight excluding hydrogens is 160 g/mol. The van der Waals surface area contributed by atoms with Gasteiger partial charge in [-0.2, -0.15) is 0 Å². The molecule has 0 N–H and O–H groups in total. The Morgan fingerprint density at radius 3 is 2.23 bits per heavy atom. The molecular formula is C12H22O. The second kappa shape index (κ2) is 4.26. The van der Waals surface area contributed by atoms with Crippen molar-refractivity contribution in [3.8, 4) is 0 Å². The lowest BCUT2D eigenvalue weighted by molar-refractivity contribution is -0.129. The van der Waals surface area contributed by atoms with Crippen LogP contribution in [0.15, 0.2) is 0 Å². The first-order chi connectivity index (χ1) is 6.10. The third kappa shape index (κ3) is 2.32. The molecule has 0 heterocycles. The molecule has 0 aliphatic heterocycles. The van der Waals surface area contributed by atoms with E-state index in [0.717, 1.165) is 25.7 Å². The Morgan fingerprint density at radius 2 is 1.85 bits per heavy atom. The van der Waals surface area contributed by atoms with Crippen molar-refractivity contribution in [1.29, 1.82) is 0 Å². The first-order valence-electron chi connectivity index (χ1n) is 5.64. The minimum atomic E-state index is 0.0862. The van der Waals surface area contributed by atoms with E-state index in [-0.39, 0.29) is 5.41 Å². The van der Waals surface area contributed by atoms with Crippen molar-refractivity contribution < 1.29 is 4.79 Å². The highest BCUT2D eigenvalue weighted by Gasteiger charge is 2.39. The molecule has 1 fully saturated rings. The average Bonchev–Trinajstić information content (AvgIpc) is 2.51. The lowest BCUT2D eigenvalue weighted by atomic mass is 9.74. The van der Waals surface area contributed by atoms with Crippen LogP contribution in [0.2, 0.25) is 0 Å². The Kier molecular flexibility index (Phi) is 3.52. The van der Waals surface area contributed by atoms with Gasteiger partial charge in [0.05, 0.1) is 0 Å². The summed E-state index contributed by atoms with van der Waals surface area (Å²) in [6, 6.07) is 0. The van der Waals surface area contributed by atoms with Crippen LogP contribution in [-0.2, 0) is 4.79 Å².